The van der Waals surface area contributed by atoms with Crippen LogP contribution in [0.2, 0.25) is 0 Å². The normalized spacial score (nSPS) is 18.7. The molecule has 0 aromatic heterocycles. The van der Waals surface area contributed by atoms with Crippen LogP contribution in [0.1, 0.15) is 17.2 Å². The minimum Gasteiger partial charge on any atom is -0.491 e. The van der Waals surface area contributed by atoms with Gasteiger partial charge in [0.05, 0.1) is 17.3 Å². The summed E-state index contributed by atoms with van der Waals surface area (Å²) in [5, 5.41) is 14.1. The van der Waals surface area contributed by atoms with E-state index in [0.717, 1.165) is 0 Å². The van der Waals surface area contributed by atoms with Crippen LogP contribution in [0.15, 0.2) is 41.3 Å². The fourth-order valence-electron chi connectivity index (χ4n) is 3.23. The van der Waals surface area contributed by atoms with Gasteiger partial charge in [-0.25, -0.2) is 21.9 Å². The fourth-order valence-corrected chi connectivity index (χ4v) is 4.79. The first-order chi connectivity index (χ1) is 13.8. The van der Waals surface area contributed by atoms with Crippen LogP contribution in [0, 0.1) is 17.1 Å². The minimum atomic E-state index is -4.41. The number of nitrogens with zero attached hydrogens (tertiary/aromatic N) is 2. The number of nitriles is 1. The molecule has 2 aromatic carbocycles. The van der Waals surface area contributed by atoms with Gasteiger partial charge in [0.15, 0.2) is 0 Å². The summed E-state index contributed by atoms with van der Waals surface area (Å²) in [5.74, 6) is -0.961. The average molecular weight is 416 g/mol. The number of carbonyl (C=O) groups is 2. The van der Waals surface area contributed by atoms with Gasteiger partial charge in [-0.1, -0.05) is 12.1 Å². The number of urea groups is 1. The molecule has 2 aliphatic rings. The molecule has 0 saturated heterocycles. The van der Waals surface area contributed by atoms with Gasteiger partial charge in [0.1, 0.15) is 35.7 Å². The van der Waals surface area contributed by atoms with Crippen LogP contribution >= 0.6 is 0 Å². The van der Waals surface area contributed by atoms with E-state index < -0.39 is 40.4 Å². The van der Waals surface area contributed by atoms with Gasteiger partial charge in [0, 0.05) is 11.6 Å². The van der Waals surface area contributed by atoms with Crippen LogP contribution in [0.5, 0.6) is 5.75 Å². The van der Waals surface area contributed by atoms with Crippen LogP contribution in [-0.2, 0) is 14.8 Å². The van der Waals surface area contributed by atoms with Crippen LogP contribution in [0.3, 0.4) is 0 Å². The predicted molar refractivity (Wildman–Crippen MR) is 96.8 cm³/mol. The molecule has 0 aliphatic carbocycles. The average Bonchev–Trinajstić information content (AvgIpc) is 3.06. The van der Waals surface area contributed by atoms with E-state index in [0.29, 0.717) is 9.87 Å². The van der Waals surface area contributed by atoms with Crippen molar-refractivity contribution in [3.8, 4) is 11.8 Å². The summed E-state index contributed by atoms with van der Waals surface area (Å²) in [6, 6.07) is 8.11. The molecule has 9 nitrogen and oxygen atoms in total. The van der Waals surface area contributed by atoms with E-state index in [1.54, 1.807) is 6.07 Å². The number of halogens is 1. The summed E-state index contributed by atoms with van der Waals surface area (Å²) >= 11 is 0. The highest BCUT2D eigenvalue weighted by Crippen LogP contribution is 2.34. The Kier molecular flexibility index (Phi) is 4.35. The Morgan fingerprint density at radius 3 is 2.93 bits per heavy atom. The second kappa shape index (κ2) is 6.75. The maximum atomic E-state index is 13.3. The molecule has 0 spiro atoms. The summed E-state index contributed by atoms with van der Waals surface area (Å²) in [6.45, 7) is -0.745. The molecule has 2 heterocycles. The Hall–Kier alpha value is -3.65. The highest BCUT2D eigenvalue weighted by molar-refractivity contribution is 7.90. The highest BCUT2D eigenvalue weighted by atomic mass is 32.2. The highest BCUT2D eigenvalue weighted by Gasteiger charge is 2.40. The Bertz CT molecular complexity index is 1190. The molecule has 0 bridgehead atoms. The molecule has 3 amide bonds. The lowest BCUT2D eigenvalue weighted by atomic mass is 10.1. The van der Waals surface area contributed by atoms with E-state index in [-0.39, 0.29) is 28.5 Å². The zero-order valence-electron chi connectivity index (χ0n) is 14.7. The zero-order valence-corrected chi connectivity index (χ0v) is 15.5. The number of sulfonamides is 1. The number of hydrogen-bond acceptors (Lipinski definition) is 6. The maximum Gasteiger partial charge on any atom is 0.336 e. The van der Waals surface area contributed by atoms with Crippen molar-refractivity contribution in [2.75, 3.05) is 18.5 Å². The quantitative estimate of drug-likeness (QED) is 0.780. The topological polar surface area (TPSA) is 129 Å². The first kappa shape index (κ1) is 18.7. The summed E-state index contributed by atoms with van der Waals surface area (Å²) < 4.78 is 44.7. The van der Waals surface area contributed by atoms with Crippen LogP contribution in [0.4, 0.5) is 14.9 Å². The van der Waals surface area contributed by atoms with E-state index in [1.807, 2.05) is 0 Å². The lowest BCUT2D eigenvalue weighted by Crippen LogP contribution is -2.49. The molecule has 0 unspecified atom stereocenters. The molecular weight excluding hydrogens is 403 g/mol. The summed E-state index contributed by atoms with van der Waals surface area (Å²) in [7, 11) is -4.41. The molecule has 0 radical (unpaired) electrons. The number of amides is 3. The second-order valence-electron chi connectivity index (χ2n) is 6.35. The Morgan fingerprint density at radius 1 is 1.38 bits per heavy atom. The molecular formula is C18H13FN4O5S. The molecule has 2 aliphatic heterocycles. The largest absolute Gasteiger partial charge is 0.491 e. The van der Waals surface area contributed by atoms with Crippen LogP contribution in [-0.4, -0.2) is 37.8 Å². The number of ether oxygens (including phenoxy) is 1. The van der Waals surface area contributed by atoms with Crippen molar-refractivity contribution in [3.05, 3.63) is 53.3 Å². The lowest BCUT2D eigenvalue weighted by molar-refractivity contribution is -0.121. The van der Waals surface area contributed by atoms with Crippen LogP contribution in [0.25, 0.3) is 0 Å². The van der Waals surface area contributed by atoms with Gasteiger partial charge < -0.3 is 15.4 Å². The Labute approximate surface area is 164 Å². The van der Waals surface area contributed by atoms with Gasteiger partial charge in [-0.3, -0.25) is 4.79 Å². The molecule has 29 heavy (non-hydrogen) atoms. The van der Waals surface area contributed by atoms with Gasteiger partial charge in [0.25, 0.3) is 10.0 Å². The van der Waals surface area contributed by atoms with Gasteiger partial charge >= 0.3 is 6.03 Å². The molecule has 148 valence electrons. The molecule has 2 aromatic rings. The lowest BCUT2D eigenvalue weighted by Gasteiger charge is -2.29. The Balaban J connectivity index is 1.56. The van der Waals surface area contributed by atoms with E-state index in [1.165, 1.54) is 36.4 Å². The number of benzene rings is 2. The molecule has 2 N–H and O–H groups in total. The maximum absolute atomic E-state index is 13.3. The minimum absolute atomic E-state index is 0.0224. The van der Waals surface area contributed by atoms with Crippen molar-refractivity contribution in [3.63, 3.8) is 0 Å². The van der Waals surface area contributed by atoms with Crippen molar-refractivity contribution in [1.29, 1.82) is 5.26 Å². The summed E-state index contributed by atoms with van der Waals surface area (Å²) in [6.07, 6.45) is 0. The van der Waals surface area contributed by atoms with E-state index in [9.17, 15) is 27.7 Å². The molecule has 11 heteroatoms. The predicted octanol–water partition coefficient (Wildman–Crippen LogP) is 1.48. The van der Waals surface area contributed by atoms with Crippen molar-refractivity contribution >= 4 is 27.6 Å². The van der Waals surface area contributed by atoms with E-state index >= 15 is 0 Å². The van der Waals surface area contributed by atoms with Crippen molar-refractivity contribution < 1.29 is 27.1 Å². The molecule has 0 saturated carbocycles. The molecule has 0 fully saturated rings. The third-order valence-corrected chi connectivity index (χ3v) is 6.36. The van der Waals surface area contributed by atoms with Crippen LogP contribution < -0.4 is 15.4 Å². The SMILES string of the molecule is N#Cc1cccc2c1S(=O)(=O)N(CC(=O)N[C@H]1COc3cc(F)ccc31)C(=O)N2. The number of fused-ring (bicyclic) bond motifs is 2. The summed E-state index contributed by atoms with van der Waals surface area (Å²) in [4.78, 5) is 24.4. The number of anilines is 1. The first-order valence-electron chi connectivity index (χ1n) is 8.39. The van der Waals surface area contributed by atoms with E-state index in [4.69, 9.17) is 4.74 Å². The van der Waals surface area contributed by atoms with Gasteiger partial charge in [-0.05, 0) is 18.2 Å². The molecule has 4 rings (SSSR count). The van der Waals surface area contributed by atoms with E-state index in [2.05, 4.69) is 10.6 Å². The number of nitrogens with one attached hydrogen (secondary N) is 2. The van der Waals surface area contributed by atoms with Crippen molar-refractivity contribution in [2.45, 2.75) is 10.9 Å². The number of rotatable bonds is 3. The monoisotopic (exact) mass is 416 g/mol. The van der Waals surface area contributed by atoms with Crippen molar-refractivity contribution in [2.24, 2.45) is 0 Å². The number of carbonyl (C=O) groups excluding carboxylic acids is 2. The van der Waals surface area contributed by atoms with Crippen molar-refractivity contribution in [1.82, 2.24) is 9.62 Å². The molecule has 1 atom stereocenters. The smallest absolute Gasteiger partial charge is 0.336 e. The van der Waals surface area contributed by atoms with Gasteiger partial charge in [-0.2, -0.15) is 5.26 Å². The first-order valence-corrected chi connectivity index (χ1v) is 9.83. The standard InChI is InChI=1S/C18H13FN4O5S/c19-11-4-5-12-14(9-28-15(12)6-11)21-16(24)8-23-18(25)22-13-3-1-2-10(7-20)17(13)29(23,26)27/h1-6,14H,8-9H2,(H,21,24)(H,22,25)/t14-/m0/s1. The Morgan fingerprint density at radius 2 is 2.17 bits per heavy atom. The zero-order chi connectivity index (χ0) is 20.8. The van der Waals surface area contributed by atoms with Gasteiger partial charge in [-0.15, -0.1) is 0 Å². The fraction of sp³-hybridized carbons (Fsp3) is 0.167. The van der Waals surface area contributed by atoms with Gasteiger partial charge in [0.2, 0.25) is 5.91 Å². The third kappa shape index (κ3) is 3.13. The second-order valence-corrected chi connectivity index (χ2v) is 8.15. The number of hydrogen-bond donors (Lipinski definition) is 2. The summed E-state index contributed by atoms with van der Waals surface area (Å²) in [5.41, 5.74) is 0.377. The third-order valence-electron chi connectivity index (χ3n) is 4.53.